The molecule has 0 saturated heterocycles. The van der Waals surface area contributed by atoms with Crippen LogP contribution in [0.5, 0.6) is 5.75 Å². The van der Waals surface area contributed by atoms with Crippen LogP contribution in [0.4, 0.5) is 27.7 Å². The number of halogens is 4. The molecule has 7 nitrogen and oxygen atoms in total. The first-order valence-corrected chi connectivity index (χ1v) is 11.6. The normalized spacial score (nSPS) is 12.5. The van der Waals surface area contributed by atoms with Gasteiger partial charge in [-0.25, -0.2) is 9.37 Å². The minimum atomic E-state index is -4.99. The van der Waals surface area contributed by atoms with Crippen molar-refractivity contribution in [2.24, 2.45) is 0 Å². The van der Waals surface area contributed by atoms with Gasteiger partial charge in [-0.05, 0) is 37.7 Å². The highest BCUT2D eigenvalue weighted by Crippen LogP contribution is 2.38. The van der Waals surface area contributed by atoms with Gasteiger partial charge in [0.2, 0.25) is 5.91 Å². The van der Waals surface area contributed by atoms with Crippen molar-refractivity contribution in [3.05, 3.63) is 45.4 Å². The molecule has 13 heteroatoms. The van der Waals surface area contributed by atoms with Gasteiger partial charge in [-0.15, -0.1) is 35.8 Å². The fourth-order valence-electron chi connectivity index (χ4n) is 3.31. The molecule has 3 N–H and O–H groups in total. The summed E-state index contributed by atoms with van der Waals surface area (Å²) in [5.74, 6) is -2.41. The van der Waals surface area contributed by atoms with Crippen LogP contribution in [0.3, 0.4) is 0 Å². The van der Waals surface area contributed by atoms with E-state index in [1.807, 2.05) is 6.92 Å². The second kappa shape index (κ2) is 10.7. The van der Waals surface area contributed by atoms with Crippen LogP contribution in [-0.2, 0) is 16.0 Å². The zero-order valence-electron chi connectivity index (χ0n) is 18.6. The Morgan fingerprint density at radius 2 is 2.00 bits per heavy atom. The van der Waals surface area contributed by atoms with Crippen molar-refractivity contribution in [3.63, 3.8) is 0 Å². The van der Waals surface area contributed by atoms with Gasteiger partial charge < -0.3 is 20.1 Å². The highest BCUT2D eigenvalue weighted by Gasteiger charge is 2.32. The predicted molar refractivity (Wildman–Crippen MR) is 124 cm³/mol. The number of thiophene rings is 1. The average Bonchev–Trinajstić information content (AvgIpc) is 3.35. The van der Waals surface area contributed by atoms with Gasteiger partial charge in [0.05, 0.1) is 17.1 Å². The second-order valence-corrected chi connectivity index (χ2v) is 9.07. The summed E-state index contributed by atoms with van der Waals surface area (Å²) < 4.78 is 60.1. The SMILES string of the molecule is CNc1sc(C)c(CC(=O)Nc2nc(-c3ccc(OC(F)(F)F)c(F)c3)cs2)c1C(NC)OC. The zero-order chi connectivity index (χ0) is 25.0. The Morgan fingerprint density at radius 1 is 1.26 bits per heavy atom. The van der Waals surface area contributed by atoms with Crippen molar-refractivity contribution < 1.29 is 31.8 Å². The minimum Gasteiger partial charge on any atom is -0.403 e. The molecule has 34 heavy (non-hydrogen) atoms. The Morgan fingerprint density at radius 3 is 2.59 bits per heavy atom. The number of thiazole rings is 1. The van der Waals surface area contributed by atoms with Crippen LogP contribution in [-0.4, -0.2) is 38.5 Å². The van der Waals surface area contributed by atoms with E-state index in [9.17, 15) is 22.4 Å². The van der Waals surface area contributed by atoms with E-state index >= 15 is 0 Å². The molecule has 0 radical (unpaired) electrons. The molecule has 0 saturated carbocycles. The molecule has 1 amide bonds. The van der Waals surface area contributed by atoms with E-state index in [0.717, 1.165) is 44.5 Å². The van der Waals surface area contributed by atoms with Crippen LogP contribution in [0, 0.1) is 12.7 Å². The molecule has 0 aliphatic rings. The first kappa shape index (κ1) is 25.9. The Labute approximate surface area is 201 Å². The maximum atomic E-state index is 14.0. The van der Waals surface area contributed by atoms with Crippen LogP contribution in [0.15, 0.2) is 23.6 Å². The first-order valence-electron chi connectivity index (χ1n) is 9.87. The molecule has 0 spiro atoms. The molecular weight excluding hydrogens is 496 g/mol. The summed E-state index contributed by atoms with van der Waals surface area (Å²) in [7, 11) is 5.12. The number of alkyl halides is 3. The summed E-state index contributed by atoms with van der Waals surface area (Å²) in [5, 5.41) is 11.6. The number of benzene rings is 1. The third kappa shape index (κ3) is 6.03. The van der Waals surface area contributed by atoms with Crippen molar-refractivity contribution in [1.82, 2.24) is 10.3 Å². The van der Waals surface area contributed by atoms with Crippen LogP contribution < -0.4 is 20.7 Å². The fourth-order valence-corrected chi connectivity index (χ4v) is 5.10. The average molecular weight is 519 g/mol. The molecule has 3 aromatic rings. The summed E-state index contributed by atoms with van der Waals surface area (Å²) in [6.07, 6.45) is -5.32. The molecule has 1 atom stereocenters. The summed E-state index contributed by atoms with van der Waals surface area (Å²) in [5.41, 5.74) is 2.22. The van der Waals surface area contributed by atoms with Gasteiger partial charge in [-0.2, -0.15) is 0 Å². The van der Waals surface area contributed by atoms with Crippen molar-refractivity contribution in [2.45, 2.75) is 25.9 Å². The van der Waals surface area contributed by atoms with E-state index in [1.54, 1.807) is 26.6 Å². The number of aryl methyl sites for hydroxylation is 1. The highest BCUT2D eigenvalue weighted by atomic mass is 32.1. The van der Waals surface area contributed by atoms with Gasteiger partial charge in [-0.3, -0.25) is 10.1 Å². The van der Waals surface area contributed by atoms with Crippen molar-refractivity contribution in [2.75, 3.05) is 31.8 Å². The maximum Gasteiger partial charge on any atom is 0.573 e. The van der Waals surface area contributed by atoms with Crippen LogP contribution in [0.2, 0.25) is 0 Å². The fraction of sp³-hybridized carbons (Fsp3) is 0.333. The Balaban J connectivity index is 1.75. The molecule has 1 unspecified atom stereocenters. The Hall–Kier alpha value is -2.74. The van der Waals surface area contributed by atoms with Crippen molar-refractivity contribution in [3.8, 4) is 17.0 Å². The molecule has 184 valence electrons. The standard InChI is InChI=1S/C21H22F4N4O3S2/c1-10-12(17(18(26-2)31-4)19(27-3)34-10)8-16(30)29-20-28-14(9-33-20)11-5-6-15(13(22)7-11)32-21(23,24)25/h5-7,9,18,26-27H,8H2,1-4H3,(H,28,29,30). The maximum absolute atomic E-state index is 14.0. The highest BCUT2D eigenvalue weighted by molar-refractivity contribution is 7.16. The van der Waals surface area contributed by atoms with Crippen molar-refractivity contribution >= 4 is 38.7 Å². The van der Waals surface area contributed by atoms with E-state index in [1.165, 1.54) is 17.4 Å². The van der Waals surface area contributed by atoms with E-state index in [4.69, 9.17) is 4.74 Å². The molecule has 0 bridgehead atoms. The number of rotatable bonds is 9. The molecule has 2 aromatic heterocycles. The number of carbonyl (C=O) groups is 1. The Kier molecular flexibility index (Phi) is 8.13. The molecule has 0 aliphatic heterocycles. The third-order valence-electron chi connectivity index (χ3n) is 4.78. The number of amides is 1. The van der Waals surface area contributed by atoms with Gasteiger partial charge in [-0.1, -0.05) is 0 Å². The number of nitrogens with one attached hydrogen (secondary N) is 3. The molecule has 0 fully saturated rings. The monoisotopic (exact) mass is 518 g/mol. The number of methoxy groups -OCH3 is 1. The quantitative estimate of drug-likeness (QED) is 0.263. The van der Waals surface area contributed by atoms with E-state index in [0.29, 0.717) is 5.69 Å². The summed E-state index contributed by atoms with van der Waals surface area (Å²) >= 11 is 2.63. The number of ether oxygens (including phenoxy) is 2. The number of anilines is 2. The lowest BCUT2D eigenvalue weighted by molar-refractivity contribution is -0.275. The van der Waals surface area contributed by atoms with E-state index < -0.39 is 24.2 Å². The zero-order valence-corrected chi connectivity index (χ0v) is 20.2. The lowest BCUT2D eigenvalue weighted by atomic mass is 10.1. The molecular formula is C21H22F4N4O3S2. The summed E-state index contributed by atoms with van der Waals surface area (Å²) in [6, 6.07) is 3.03. The topological polar surface area (TPSA) is 84.5 Å². The second-order valence-electron chi connectivity index (χ2n) is 6.99. The number of hydrogen-bond donors (Lipinski definition) is 3. The number of carbonyl (C=O) groups excluding carboxylic acids is 1. The molecule has 1 aromatic carbocycles. The first-order chi connectivity index (χ1) is 16.1. The molecule has 3 rings (SSSR count). The van der Waals surface area contributed by atoms with E-state index in [2.05, 4.69) is 25.7 Å². The van der Waals surface area contributed by atoms with Gasteiger partial charge in [0.25, 0.3) is 0 Å². The number of hydrogen-bond acceptors (Lipinski definition) is 8. The lowest BCUT2D eigenvalue weighted by Crippen LogP contribution is -2.22. The molecule has 0 aliphatic carbocycles. The summed E-state index contributed by atoms with van der Waals surface area (Å²) in [4.78, 5) is 18.0. The van der Waals surface area contributed by atoms with Gasteiger partial charge in [0.15, 0.2) is 16.7 Å². The van der Waals surface area contributed by atoms with Crippen LogP contribution in [0.25, 0.3) is 11.3 Å². The van der Waals surface area contributed by atoms with E-state index in [-0.39, 0.29) is 23.0 Å². The number of nitrogens with zero attached hydrogens (tertiary/aromatic N) is 1. The Bertz CT molecular complexity index is 1160. The summed E-state index contributed by atoms with van der Waals surface area (Å²) in [6.45, 7) is 1.92. The van der Waals surface area contributed by atoms with Gasteiger partial charge in [0, 0.05) is 35.5 Å². The number of aromatic nitrogens is 1. The predicted octanol–water partition coefficient (Wildman–Crippen LogP) is 5.31. The van der Waals surface area contributed by atoms with Crippen LogP contribution >= 0.6 is 22.7 Å². The molecule has 2 heterocycles. The minimum absolute atomic E-state index is 0.0773. The van der Waals surface area contributed by atoms with Crippen molar-refractivity contribution in [1.29, 1.82) is 0 Å². The lowest BCUT2D eigenvalue weighted by Gasteiger charge is -2.17. The van der Waals surface area contributed by atoms with Gasteiger partial charge in [0.1, 0.15) is 6.23 Å². The van der Waals surface area contributed by atoms with Gasteiger partial charge >= 0.3 is 6.36 Å². The smallest absolute Gasteiger partial charge is 0.403 e. The van der Waals surface area contributed by atoms with Crippen LogP contribution in [0.1, 0.15) is 22.2 Å². The third-order valence-corrected chi connectivity index (χ3v) is 6.72. The largest absolute Gasteiger partial charge is 0.573 e.